The van der Waals surface area contributed by atoms with Gasteiger partial charge < -0.3 is 38.8 Å². The van der Waals surface area contributed by atoms with Gasteiger partial charge in [0, 0.05) is 58.5 Å². The van der Waals surface area contributed by atoms with Gasteiger partial charge in [-0.15, -0.1) is 5.10 Å². The van der Waals surface area contributed by atoms with Gasteiger partial charge in [0.2, 0.25) is 5.79 Å². The third-order valence-corrected chi connectivity index (χ3v) is 15.2. The number of amides is 1. The number of hydrogen-bond donors (Lipinski definition) is 2. The number of methoxy groups -OCH3 is 3. The van der Waals surface area contributed by atoms with Crippen LogP contribution in [0.1, 0.15) is 132 Å². The molecule has 17 nitrogen and oxygen atoms in total. The molecule has 2 N–H and O–H groups in total. The van der Waals surface area contributed by atoms with E-state index in [4.69, 9.17) is 23.7 Å². The number of carbonyl (C=O) groups excluding carboxylic acids is 5. The minimum atomic E-state index is -2.43. The number of esters is 1. The highest BCUT2D eigenvalue weighted by Crippen LogP contribution is 2.39. The van der Waals surface area contributed by atoms with Crippen molar-refractivity contribution in [3.05, 3.63) is 53.9 Å². The van der Waals surface area contributed by atoms with Crippen molar-refractivity contribution in [2.45, 2.75) is 180 Å². The van der Waals surface area contributed by atoms with Crippen molar-refractivity contribution in [1.82, 2.24) is 25.1 Å². The number of rotatable bonds is 7. The van der Waals surface area contributed by atoms with Gasteiger partial charge in [0.05, 0.1) is 30.5 Å². The molecule has 0 aromatic carbocycles. The summed E-state index contributed by atoms with van der Waals surface area (Å²) in [5.41, 5.74) is 1.20. The lowest BCUT2D eigenvalue weighted by molar-refractivity contribution is -0.265. The van der Waals surface area contributed by atoms with Gasteiger partial charge in [-0.2, -0.15) is 0 Å². The highest BCUT2D eigenvalue weighted by Gasteiger charge is 2.53. The first-order valence-corrected chi connectivity index (χ1v) is 25.0. The molecule has 1 aliphatic carbocycles. The normalized spacial score (nSPS) is 36.3. The molecule has 3 aliphatic heterocycles. The minimum absolute atomic E-state index is 0.0197. The Kier molecular flexibility index (Phi) is 20.8. The Morgan fingerprint density at radius 1 is 0.899 bits per heavy atom. The summed E-state index contributed by atoms with van der Waals surface area (Å²) in [5, 5.41) is 35.2. The largest absolute Gasteiger partial charge is 0.460 e. The third kappa shape index (κ3) is 14.2. The third-order valence-electron chi connectivity index (χ3n) is 15.2. The fraction of sp³-hybridized carbons (Fsp3) is 0.731. The number of hydrogen-bond acceptors (Lipinski definition) is 15. The molecule has 1 aromatic heterocycles. The van der Waals surface area contributed by atoms with Crippen molar-refractivity contribution in [3.8, 4) is 0 Å². The number of cyclic esters (lactones) is 1. The lowest BCUT2D eigenvalue weighted by atomic mass is 9.77. The number of piperidine rings is 1. The number of ether oxygens (including phenoxy) is 5. The molecule has 1 saturated carbocycles. The highest BCUT2D eigenvalue weighted by atomic mass is 16.6. The quantitative estimate of drug-likeness (QED) is 0.235. The monoisotopic (exact) mass is 966 g/mol. The zero-order valence-electron chi connectivity index (χ0n) is 42.5. The van der Waals surface area contributed by atoms with Crippen molar-refractivity contribution < 1.29 is 57.9 Å². The van der Waals surface area contributed by atoms with E-state index in [1.54, 1.807) is 52.1 Å². The number of fused-ring (bicyclic) bond motifs is 3. The minimum Gasteiger partial charge on any atom is -0.460 e. The molecule has 17 heteroatoms. The number of Topliss-reactive ketones (excluding diaryl/α,β-unsaturated/α-hetero) is 3. The van der Waals surface area contributed by atoms with Crippen LogP contribution in [0.25, 0.3) is 0 Å². The first kappa shape index (κ1) is 55.7. The van der Waals surface area contributed by atoms with Crippen LogP contribution in [0.4, 0.5) is 0 Å². The molecular formula is C52H79N5O12. The number of aliphatic hydroxyl groups is 2. The molecule has 4 unspecified atom stereocenters. The van der Waals surface area contributed by atoms with Crippen LogP contribution >= 0.6 is 0 Å². The summed E-state index contributed by atoms with van der Waals surface area (Å²) < 4.78 is 31.6. The molecule has 1 aromatic rings. The Hall–Kier alpha value is -4.26. The van der Waals surface area contributed by atoms with Gasteiger partial charge in [0.15, 0.2) is 11.6 Å². The van der Waals surface area contributed by atoms with E-state index in [-0.39, 0.29) is 60.9 Å². The molecular weight excluding hydrogens is 887 g/mol. The molecule has 0 radical (unpaired) electrons. The molecule has 2 saturated heterocycles. The molecule has 384 valence electrons. The number of tetrazole rings is 1. The molecule has 4 aliphatic rings. The topological polar surface area (TPSA) is 219 Å². The van der Waals surface area contributed by atoms with Crippen LogP contribution in [0.5, 0.6) is 0 Å². The molecule has 4 heterocycles. The zero-order chi connectivity index (χ0) is 50.6. The Labute approximate surface area is 408 Å². The zero-order valence-corrected chi connectivity index (χ0v) is 42.5. The van der Waals surface area contributed by atoms with Crippen molar-refractivity contribution in [2.75, 3.05) is 27.9 Å². The molecule has 3 fully saturated rings. The maximum atomic E-state index is 14.5. The Balaban J connectivity index is 1.46. The first-order valence-electron chi connectivity index (χ1n) is 25.0. The van der Waals surface area contributed by atoms with E-state index in [9.17, 15) is 34.2 Å². The van der Waals surface area contributed by atoms with E-state index < -0.39 is 77.8 Å². The van der Waals surface area contributed by atoms with Crippen LogP contribution in [-0.2, 0) is 47.7 Å². The van der Waals surface area contributed by atoms with Crippen molar-refractivity contribution in [3.63, 3.8) is 0 Å². The Bertz CT molecular complexity index is 2020. The van der Waals surface area contributed by atoms with Crippen LogP contribution in [0.2, 0.25) is 0 Å². The number of carbonyl (C=O) groups is 5. The molecule has 5 rings (SSSR count). The number of ketones is 3. The predicted octanol–water partition coefficient (Wildman–Crippen LogP) is 6.05. The summed E-state index contributed by atoms with van der Waals surface area (Å²) >= 11 is 0. The molecule has 1 amide bonds. The van der Waals surface area contributed by atoms with Gasteiger partial charge >= 0.3 is 5.97 Å². The van der Waals surface area contributed by atoms with Gasteiger partial charge in [0.1, 0.15) is 24.6 Å². The van der Waals surface area contributed by atoms with Crippen LogP contribution in [0, 0.1) is 35.5 Å². The SMILES string of the molecule is COC1C(=O)C(C)C[C@H](C)C=CC=CC=C(C)[C@@H](OC)C[C@@H]2CC[C@@H](C)[C@@](O)(O2)C(=O)C(=O)N2CCCC[C@H]2C(=O)OC([C@H](C)C[C@@H]2CC[C@H](n3cnnn3)[C@H](OC)C2)CC(=O)C(C)=CC(C)[C@H]1O. The molecule has 2 bridgehead atoms. The van der Waals surface area contributed by atoms with E-state index in [2.05, 4.69) is 15.5 Å². The summed E-state index contributed by atoms with van der Waals surface area (Å²) in [5.74, 6) is -7.89. The number of aliphatic hydroxyl groups excluding tert-OH is 1. The second-order valence-electron chi connectivity index (χ2n) is 20.4. The van der Waals surface area contributed by atoms with E-state index in [1.807, 2.05) is 58.1 Å². The lowest BCUT2D eigenvalue weighted by Crippen LogP contribution is -2.61. The number of aromatic nitrogens is 4. The van der Waals surface area contributed by atoms with E-state index in [0.717, 1.165) is 18.4 Å². The lowest BCUT2D eigenvalue weighted by Gasteiger charge is -2.42. The standard InChI is InChI=1S/C52H79N5O12/c1-31-16-12-11-13-17-32(2)43(65-8)28-39-21-19-37(7)52(64,69-39)49(61)50(62)56-23-15-14-18-41(56)51(63)68-44(34(4)26-38-20-22-40(45(27-38)66-9)57-30-53-54-55-57)29-42(58)33(3)25-36(6)47(60)48(67-10)46(59)35(5)24-31/h11-13,16-17,25,30-31,34-41,43-45,47-48,60,64H,14-15,18-24,26-29H2,1-10H3/t31-,34-,35?,36?,37-,38+,39+,40+,41+,43+,44?,45-,47-,48?,52-/m1/s1. The fourth-order valence-electron chi connectivity index (χ4n) is 10.8. The highest BCUT2D eigenvalue weighted by molar-refractivity contribution is 6.39. The second-order valence-corrected chi connectivity index (χ2v) is 20.4. The van der Waals surface area contributed by atoms with Crippen LogP contribution in [0.3, 0.4) is 0 Å². The van der Waals surface area contributed by atoms with Crippen LogP contribution < -0.4 is 0 Å². The number of allylic oxidation sites excluding steroid dienone is 6. The molecule has 15 atom stereocenters. The fourth-order valence-corrected chi connectivity index (χ4v) is 10.8. The summed E-state index contributed by atoms with van der Waals surface area (Å²) in [4.78, 5) is 72.3. The summed E-state index contributed by atoms with van der Waals surface area (Å²) in [6, 6.07) is -1.20. The maximum absolute atomic E-state index is 14.5. The smallest absolute Gasteiger partial charge is 0.329 e. The summed E-state index contributed by atoms with van der Waals surface area (Å²) in [6.45, 7) is 12.8. The van der Waals surface area contributed by atoms with Gasteiger partial charge in [-0.3, -0.25) is 19.2 Å². The van der Waals surface area contributed by atoms with Crippen molar-refractivity contribution in [2.24, 2.45) is 35.5 Å². The summed E-state index contributed by atoms with van der Waals surface area (Å²) in [7, 11) is 4.63. The average molecular weight is 966 g/mol. The Morgan fingerprint density at radius 2 is 1.65 bits per heavy atom. The average Bonchev–Trinajstić information content (AvgIpc) is 3.88. The second kappa shape index (κ2) is 25.7. The molecule has 0 spiro atoms. The van der Waals surface area contributed by atoms with Gasteiger partial charge in [0.25, 0.3) is 11.7 Å². The van der Waals surface area contributed by atoms with E-state index >= 15 is 0 Å². The van der Waals surface area contributed by atoms with E-state index in [1.165, 1.54) is 12.0 Å². The Morgan fingerprint density at radius 3 is 2.33 bits per heavy atom. The molecule has 69 heavy (non-hydrogen) atoms. The summed E-state index contributed by atoms with van der Waals surface area (Å²) in [6.07, 6.45) is 14.0. The predicted molar refractivity (Wildman–Crippen MR) is 256 cm³/mol. The van der Waals surface area contributed by atoms with Crippen molar-refractivity contribution >= 4 is 29.2 Å². The van der Waals surface area contributed by atoms with Gasteiger partial charge in [-0.25, -0.2) is 9.48 Å². The maximum Gasteiger partial charge on any atom is 0.329 e. The van der Waals surface area contributed by atoms with Gasteiger partial charge in [-0.1, -0.05) is 71.1 Å². The van der Waals surface area contributed by atoms with Crippen LogP contribution in [-0.4, -0.2) is 141 Å². The van der Waals surface area contributed by atoms with Gasteiger partial charge in [-0.05, 0) is 117 Å². The van der Waals surface area contributed by atoms with Crippen LogP contribution in [0.15, 0.2) is 53.9 Å². The first-order chi connectivity index (χ1) is 32.8. The number of nitrogens with zero attached hydrogens (tertiary/aromatic N) is 5. The van der Waals surface area contributed by atoms with E-state index in [0.29, 0.717) is 56.9 Å². The van der Waals surface area contributed by atoms with Crippen molar-refractivity contribution in [1.29, 1.82) is 0 Å².